The Labute approximate surface area is 100 Å². The highest BCUT2D eigenvalue weighted by molar-refractivity contribution is 5.74. The Hall–Kier alpha value is -2.16. The van der Waals surface area contributed by atoms with Gasteiger partial charge in [-0.05, 0) is 35.9 Å². The van der Waals surface area contributed by atoms with Crippen LogP contribution in [-0.2, 0) is 6.42 Å². The minimum absolute atomic E-state index is 0.603. The van der Waals surface area contributed by atoms with Crippen molar-refractivity contribution in [2.45, 2.75) is 6.42 Å². The van der Waals surface area contributed by atoms with Crippen LogP contribution in [0.25, 0.3) is 0 Å². The summed E-state index contributed by atoms with van der Waals surface area (Å²) in [5.41, 5.74) is 1.81. The molecule has 0 N–H and O–H groups in total. The summed E-state index contributed by atoms with van der Waals surface area (Å²) in [6, 6.07) is 11.0. The third kappa shape index (κ3) is 3.41. The number of carbonyl (C=O) groups is 1. The third-order valence-electron chi connectivity index (χ3n) is 2.40. The molecule has 0 atom stereocenters. The first-order valence-corrected chi connectivity index (χ1v) is 5.45. The molecule has 0 spiro atoms. The van der Waals surface area contributed by atoms with Gasteiger partial charge in [-0.2, -0.15) is 0 Å². The van der Waals surface area contributed by atoms with E-state index in [1.165, 1.54) is 0 Å². The summed E-state index contributed by atoms with van der Waals surface area (Å²) in [4.78, 5) is 14.5. The van der Waals surface area contributed by atoms with Crippen LogP contribution >= 0.6 is 0 Å². The molecule has 0 aliphatic heterocycles. The molecular weight excluding hydrogens is 214 g/mol. The van der Waals surface area contributed by atoms with Gasteiger partial charge in [-0.3, -0.25) is 9.78 Å². The molecule has 3 heteroatoms. The second kappa shape index (κ2) is 5.80. The van der Waals surface area contributed by atoms with Crippen LogP contribution in [0.1, 0.15) is 15.9 Å². The minimum Gasteiger partial charge on any atom is -0.493 e. The Morgan fingerprint density at radius 2 is 2.00 bits per heavy atom. The number of hydrogen-bond donors (Lipinski definition) is 0. The number of nitrogens with zero attached hydrogens (tertiary/aromatic N) is 1. The molecule has 0 aliphatic rings. The number of ether oxygens (including phenoxy) is 1. The van der Waals surface area contributed by atoms with Crippen molar-refractivity contribution in [1.82, 2.24) is 4.98 Å². The topological polar surface area (TPSA) is 39.2 Å². The summed E-state index contributed by atoms with van der Waals surface area (Å²) in [7, 11) is 0. The molecule has 0 bridgehead atoms. The van der Waals surface area contributed by atoms with Crippen LogP contribution in [0.15, 0.2) is 48.8 Å². The zero-order chi connectivity index (χ0) is 11.9. The molecule has 0 amide bonds. The van der Waals surface area contributed by atoms with Gasteiger partial charge in [-0.15, -0.1) is 0 Å². The van der Waals surface area contributed by atoms with Crippen molar-refractivity contribution in [3.8, 4) is 5.75 Å². The van der Waals surface area contributed by atoms with Crippen LogP contribution in [0.3, 0.4) is 0 Å². The summed E-state index contributed by atoms with van der Waals surface area (Å²) < 4.78 is 5.57. The van der Waals surface area contributed by atoms with Crippen molar-refractivity contribution in [1.29, 1.82) is 0 Å². The summed E-state index contributed by atoms with van der Waals surface area (Å²) in [5.74, 6) is 0.777. The van der Waals surface area contributed by atoms with Gasteiger partial charge in [0.15, 0.2) is 0 Å². The maximum atomic E-state index is 10.5. The van der Waals surface area contributed by atoms with Crippen molar-refractivity contribution >= 4 is 6.29 Å². The Kier molecular flexibility index (Phi) is 3.86. The summed E-state index contributed by atoms with van der Waals surface area (Å²) in [5, 5.41) is 0. The highest BCUT2D eigenvalue weighted by Crippen LogP contribution is 2.11. The molecular formula is C14H13NO2. The molecule has 2 rings (SSSR count). The predicted molar refractivity (Wildman–Crippen MR) is 65.3 cm³/mol. The van der Waals surface area contributed by atoms with E-state index in [1.807, 2.05) is 18.3 Å². The van der Waals surface area contributed by atoms with Gasteiger partial charge in [-0.1, -0.05) is 6.07 Å². The number of rotatable bonds is 5. The van der Waals surface area contributed by atoms with E-state index in [2.05, 4.69) is 4.98 Å². The maximum absolute atomic E-state index is 10.5. The average molecular weight is 227 g/mol. The fourth-order valence-electron chi connectivity index (χ4n) is 1.48. The molecule has 3 nitrogen and oxygen atoms in total. The van der Waals surface area contributed by atoms with Crippen molar-refractivity contribution in [2.24, 2.45) is 0 Å². The van der Waals surface area contributed by atoms with Crippen LogP contribution < -0.4 is 4.74 Å². The predicted octanol–water partition coefficient (Wildman–Crippen LogP) is 2.52. The van der Waals surface area contributed by atoms with E-state index in [9.17, 15) is 4.79 Å². The van der Waals surface area contributed by atoms with E-state index >= 15 is 0 Å². The molecule has 0 aliphatic carbocycles. The van der Waals surface area contributed by atoms with Crippen molar-refractivity contribution in [3.05, 3.63) is 59.9 Å². The van der Waals surface area contributed by atoms with Gasteiger partial charge in [0.05, 0.1) is 6.61 Å². The fraction of sp³-hybridized carbons (Fsp3) is 0.143. The smallest absolute Gasteiger partial charge is 0.150 e. The van der Waals surface area contributed by atoms with Gasteiger partial charge < -0.3 is 4.74 Å². The minimum atomic E-state index is 0.603. The lowest BCUT2D eigenvalue weighted by Crippen LogP contribution is -2.01. The van der Waals surface area contributed by atoms with Gasteiger partial charge in [0, 0.05) is 24.4 Å². The molecule has 0 saturated carbocycles. The van der Waals surface area contributed by atoms with Crippen LogP contribution in [0.5, 0.6) is 5.75 Å². The van der Waals surface area contributed by atoms with Crippen molar-refractivity contribution < 1.29 is 9.53 Å². The highest BCUT2D eigenvalue weighted by Gasteiger charge is 1.96. The number of pyridine rings is 1. The third-order valence-corrected chi connectivity index (χ3v) is 2.40. The second-order valence-electron chi connectivity index (χ2n) is 3.65. The summed E-state index contributed by atoms with van der Waals surface area (Å²) in [6.45, 7) is 0.603. The van der Waals surface area contributed by atoms with Gasteiger partial charge in [-0.25, -0.2) is 0 Å². The zero-order valence-corrected chi connectivity index (χ0v) is 9.37. The van der Waals surface area contributed by atoms with Crippen molar-refractivity contribution in [2.75, 3.05) is 6.61 Å². The first-order chi connectivity index (χ1) is 8.38. The van der Waals surface area contributed by atoms with Gasteiger partial charge in [0.1, 0.15) is 12.0 Å². The molecule has 1 heterocycles. The van der Waals surface area contributed by atoms with E-state index in [1.54, 1.807) is 30.5 Å². The largest absolute Gasteiger partial charge is 0.493 e. The Bertz CT molecular complexity index is 465. The normalized spacial score (nSPS) is 9.88. The number of aldehydes is 1. The number of carbonyl (C=O) groups excluding carboxylic acids is 1. The highest BCUT2D eigenvalue weighted by atomic mass is 16.5. The van der Waals surface area contributed by atoms with Crippen molar-refractivity contribution in [3.63, 3.8) is 0 Å². The Balaban J connectivity index is 1.84. The van der Waals surface area contributed by atoms with Crippen LogP contribution in [0, 0.1) is 0 Å². The SMILES string of the molecule is O=Cc1ccc(OCCc2cccnc2)cc1. The Morgan fingerprint density at radius 1 is 1.18 bits per heavy atom. The quantitative estimate of drug-likeness (QED) is 0.737. The lowest BCUT2D eigenvalue weighted by Gasteiger charge is -2.05. The first-order valence-electron chi connectivity index (χ1n) is 5.45. The number of hydrogen-bond acceptors (Lipinski definition) is 3. The average Bonchev–Trinajstić information content (AvgIpc) is 2.41. The number of benzene rings is 1. The fourth-order valence-corrected chi connectivity index (χ4v) is 1.48. The summed E-state index contributed by atoms with van der Waals surface area (Å²) >= 11 is 0. The monoisotopic (exact) mass is 227 g/mol. The Morgan fingerprint density at radius 3 is 2.65 bits per heavy atom. The first kappa shape index (κ1) is 11.3. The number of aromatic nitrogens is 1. The lowest BCUT2D eigenvalue weighted by atomic mass is 10.2. The van der Waals surface area contributed by atoms with E-state index in [0.29, 0.717) is 12.2 Å². The molecule has 0 fully saturated rings. The van der Waals surface area contributed by atoms with Gasteiger partial charge in [0.25, 0.3) is 0 Å². The molecule has 0 saturated heterocycles. The molecule has 86 valence electrons. The van der Waals surface area contributed by atoms with E-state index < -0.39 is 0 Å². The van der Waals surface area contributed by atoms with E-state index in [4.69, 9.17) is 4.74 Å². The van der Waals surface area contributed by atoms with Gasteiger partial charge >= 0.3 is 0 Å². The van der Waals surface area contributed by atoms with E-state index in [-0.39, 0.29) is 0 Å². The molecule has 0 unspecified atom stereocenters. The summed E-state index contributed by atoms with van der Waals surface area (Å²) in [6.07, 6.45) is 5.23. The lowest BCUT2D eigenvalue weighted by molar-refractivity contribution is 0.112. The zero-order valence-electron chi connectivity index (χ0n) is 9.37. The molecule has 1 aromatic carbocycles. The maximum Gasteiger partial charge on any atom is 0.150 e. The van der Waals surface area contributed by atoms with Gasteiger partial charge in [0.2, 0.25) is 0 Å². The molecule has 2 aromatic rings. The van der Waals surface area contributed by atoms with E-state index in [0.717, 1.165) is 24.0 Å². The molecule has 0 radical (unpaired) electrons. The van der Waals surface area contributed by atoms with Crippen LogP contribution in [0.4, 0.5) is 0 Å². The standard InChI is InChI=1S/C14H13NO2/c16-11-13-3-5-14(6-4-13)17-9-7-12-2-1-8-15-10-12/h1-6,8,10-11H,7,9H2. The second-order valence-corrected chi connectivity index (χ2v) is 3.65. The van der Waals surface area contributed by atoms with Crippen LogP contribution in [-0.4, -0.2) is 17.9 Å². The van der Waals surface area contributed by atoms with Crippen LogP contribution in [0.2, 0.25) is 0 Å². The molecule has 1 aromatic heterocycles. The molecule has 17 heavy (non-hydrogen) atoms.